The van der Waals surface area contributed by atoms with Crippen molar-refractivity contribution in [3.63, 3.8) is 0 Å². The van der Waals surface area contributed by atoms with E-state index in [1.54, 1.807) is 27.7 Å². The van der Waals surface area contributed by atoms with E-state index in [1.165, 1.54) is 7.11 Å². The first-order valence-electron chi connectivity index (χ1n) is 6.28. The van der Waals surface area contributed by atoms with Gasteiger partial charge in [-0.05, 0) is 6.92 Å². The molecule has 0 aliphatic heterocycles. The van der Waals surface area contributed by atoms with Crippen molar-refractivity contribution in [3.05, 3.63) is 0 Å². The number of hydrogen-bond donors (Lipinski definition) is 1. The molecular formula is C17H22O3. The van der Waals surface area contributed by atoms with Gasteiger partial charge in [0.15, 0.2) is 5.60 Å². The molecule has 2 atom stereocenters. The molecule has 0 radical (unpaired) electrons. The standard InChI is InChI=1S/C17H22O3/c1-8-11-16(6,14(18)20-7)12-10-13-17(19,9-2)15(3,4)5/h1-2,19H,11-12H2,3-7H3. The van der Waals surface area contributed by atoms with Gasteiger partial charge in [0, 0.05) is 18.3 Å². The van der Waals surface area contributed by atoms with Crippen LogP contribution in [0.5, 0.6) is 0 Å². The summed E-state index contributed by atoms with van der Waals surface area (Å²) in [7, 11) is 1.30. The third-order valence-corrected chi connectivity index (χ3v) is 3.21. The molecule has 0 aliphatic rings. The molecule has 0 saturated carbocycles. The van der Waals surface area contributed by atoms with Crippen molar-refractivity contribution in [1.82, 2.24) is 0 Å². The Kier molecular flexibility index (Phi) is 5.90. The smallest absolute Gasteiger partial charge is 0.313 e. The maximum atomic E-state index is 11.8. The third kappa shape index (κ3) is 4.06. The SMILES string of the molecule is C#CCC(C)(CC#CC(O)(C#C)C(C)(C)C)C(=O)OC. The van der Waals surface area contributed by atoms with E-state index >= 15 is 0 Å². The van der Waals surface area contributed by atoms with Gasteiger partial charge in [-0.3, -0.25) is 4.79 Å². The van der Waals surface area contributed by atoms with E-state index in [9.17, 15) is 9.90 Å². The molecule has 0 bridgehead atoms. The van der Waals surface area contributed by atoms with Gasteiger partial charge in [-0.25, -0.2) is 0 Å². The summed E-state index contributed by atoms with van der Waals surface area (Å²) in [5, 5.41) is 10.3. The van der Waals surface area contributed by atoms with E-state index in [2.05, 4.69) is 23.7 Å². The van der Waals surface area contributed by atoms with Crippen molar-refractivity contribution >= 4 is 5.97 Å². The first-order chi connectivity index (χ1) is 9.06. The molecule has 2 unspecified atom stereocenters. The van der Waals surface area contributed by atoms with Crippen LogP contribution in [0.15, 0.2) is 0 Å². The molecule has 1 N–H and O–H groups in total. The summed E-state index contributed by atoms with van der Waals surface area (Å²) >= 11 is 0. The summed E-state index contributed by atoms with van der Waals surface area (Å²) in [5.74, 6) is 9.78. The summed E-state index contributed by atoms with van der Waals surface area (Å²) < 4.78 is 4.74. The van der Waals surface area contributed by atoms with Gasteiger partial charge in [-0.15, -0.1) is 18.8 Å². The molecule has 0 amide bonds. The van der Waals surface area contributed by atoms with Gasteiger partial charge >= 0.3 is 5.97 Å². The number of esters is 1. The van der Waals surface area contributed by atoms with Gasteiger partial charge in [0.2, 0.25) is 0 Å². The molecule has 108 valence electrons. The summed E-state index contributed by atoms with van der Waals surface area (Å²) in [5.41, 5.74) is -3.05. The monoisotopic (exact) mass is 274 g/mol. The quantitative estimate of drug-likeness (QED) is 0.632. The number of hydrogen-bond acceptors (Lipinski definition) is 3. The molecule has 0 aromatic heterocycles. The van der Waals surface area contributed by atoms with Gasteiger partial charge in [0.25, 0.3) is 0 Å². The zero-order valence-corrected chi connectivity index (χ0v) is 12.8. The number of aliphatic hydroxyl groups is 1. The zero-order valence-electron chi connectivity index (χ0n) is 12.8. The first kappa shape index (κ1) is 18.1. The minimum Gasteiger partial charge on any atom is -0.469 e. The highest BCUT2D eigenvalue weighted by molar-refractivity contribution is 5.77. The van der Waals surface area contributed by atoms with Crippen LogP contribution in [0.1, 0.15) is 40.5 Å². The Morgan fingerprint density at radius 1 is 1.20 bits per heavy atom. The summed E-state index contributed by atoms with van der Waals surface area (Å²) in [6, 6.07) is 0. The Bertz CT molecular complexity index is 502. The van der Waals surface area contributed by atoms with Crippen molar-refractivity contribution in [2.75, 3.05) is 7.11 Å². The fourth-order valence-electron chi connectivity index (χ4n) is 1.49. The Hall–Kier alpha value is -1.89. The second-order valence-corrected chi connectivity index (χ2v) is 6.02. The number of terminal acetylenes is 2. The highest BCUT2D eigenvalue weighted by Gasteiger charge is 2.37. The highest BCUT2D eigenvalue weighted by atomic mass is 16.5. The van der Waals surface area contributed by atoms with Crippen LogP contribution < -0.4 is 0 Å². The lowest BCUT2D eigenvalue weighted by Gasteiger charge is -2.31. The van der Waals surface area contributed by atoms with Gasteiger partial charge in [0.1, 0.15) is 0 Å². The van der Waals surface area contributed by atoms with Crippen LogP contribution >= 0.6 is 0 Å². The van der Waals surface area contributed by atoms with E-state index in [4.69, 9.17) is 17.6 Å². The normalized spacial score (nSPS) is 16.4. The van der Waals surface area contributed by atoms with Gasteiger partial charge < -0.3 is 9.84 Å². The van der Waals surface area contributed by atoms with Crippen LogP contribution in [0.2, 0.25) is 0 Å². The van der Waals surface area contributed by atoms with Crippen LogP contribution in [0.3, 0.4) is 0 Å². The Morgan fingerprint density at radius 3 is 2.10 bits per heavy atom. The average molecular weight is 274 g/mol. The lowest BCUT2D eigenvalue weighted by atomic mass is 9.77. The number of carbonyl (C=O) groups excluding carboxylic acids is 1. The van der Waals surface area contributed by atoms with Crippen molar-refractivity contribution in [1.29, 1.82) is 0 Å². The van der Waals surface area contributed by atoms with E-state index < -0.39 is 22.4 Å². The maximum absolute atomic E-state index is 11.8. The molecule has 0 saturated heterocycles. The van der Waals surface area contributed by atoms with Crippen molar-refractivity contribution in [2.45, 2.75) is 46.1 Å². The second-order valence-electron chi connectivity index (χ2n) is 6.02. The van der Waals surface area contributed by atoms with Crippen LogP contribution in [-0.2, 0) is 9.53 Å². The maximum Gasteiger partial charge on any atom is 0.313 e. The highest BCUT2D eigenvalue weighted by Crippen LogP contribution is 2.30. The number of ether oxygens (including phenoxy) is 1. The Labute approximate surface area is 122 Å². The molecule has 0 aromatic rings. The molecule has 0 aliphatic carbocycles. The molecule has 0 heterocycles. The second kappa shape index (κ2) is 6.51. The number of carbonyl (C=O) groups is 1. The van der Waals surface area contributed by atoms with E-state index in [-0.39, 0.29) is 12.8 Å². The molecule has 0 fully saturated rings. The lowest BCUT2D eigenvalue weighted by molar-refractivity contribution is -0.151. The molecule has 0 rings (SSSR count). The van der Waals surface area contributed by atoms with Crippen LogP contribution in [-0.4, -0.2) is 23.8 Å². The van der Waals surface area contributed by atoms with E-state index in [1.807, 2.05) is 0 Å². The molecule has 20 heavy (non-hydrogen) atoms. The number of rotatable bonds is 3. The lowest BCUT2D eigenvalue weighted by Crippen LogP contribution is -2.40. The van der Waals surface area contributed by atoms with E-state index in [0.29, 0.717) is 0 Å². The van der Waals surface area contributed by atoms with Crippen molar-refractivity contribution in [3.8, 4) is 36.5 Å². The summed E-state index contributed by atoms with van der Waals surface area (Å²) in [6.07, 6.45) is 11.0. The predicted octanol–water partition coefficient (Wildman–Crippen LogP) is 1.99. The van der Waals surface area contributed by atoms with Gasteiger partial charge in [-0.2, -0.15) is 0 Å². The van der Waals surface area contributed by atoms with Gasteiger partial charge in [0.05, 0.1) is 12.5 Å². The molecule has 3 heteroatoms. The zero-order chi connectivity index (χ0) is 16.0. The molecule has 0 aromatic carbocycles. The third-order valence-electron chi connectivity index (χ3n) is 3.21. The Balaban J connectivity index is 5.28. The molecule has 3 nitrogen and oxygen atoms in total. The fourth-order valence-corrected chi connectivity index (χ4v) is 1.49. The molecular weight excluding hydrogens is 252 g/mol. The number of methoxy groups -OCH3 is 1. The minimum atomic E-state index is -1.56. The minimum absolute atomic E-state index is 0.171. The van der Waals surface area contributed by atoms with E-state index in [0.717, 1.165) is 0 Å². The van der Waals surface area contributed by atoms with Crippen molar-refractivity contribution in [2.24, 2.45) is 10.8 Å². The fraction of sp³-hybridized carbons (Fsp3) is 0.588. The van der Waals surface area contributed by atoms with Crippen LogP contribution in [0.25, 0.3) is 0 Å². The largest absolute Gasteiger partial charge is 0.469 e. The Morgan fingerprint density at radius 2 is 1.75 bits per heavy atom. The predicted molar refractivity (Wildman–Crippen MR) is 79.2 cm³/mol. The van der Waals surface area contributed by atoms with Crippen LogP contribution in [0, 0.1) is 47.4 Å². The average Bonchev–Trinajstić information content (AvgIpc) is 2.36. The summed E-state index contributed by atoms with van der Waals surface area (Å²) in [4.78, 5) is 11.8. The molecule has 0 spiro atoms. The van der Waals surface area contributed by atoms with Gasteiger partial charge in [-0.1, -0.05) is 38.5 Å². The van der Waals surface area contributed by atoms with Crippen molar-refractivity contribution < 1.29 is 14.6 Å². The summed E-state index contributed by atoms with van der Waals surface area (Å²) in [6.45, 7) is 7.06. The topological polar surface area (TPSA) is 46.5 Å². The van der Waals surface area contributed by atoms with Crippen LogP contribution in [0.4, 0.5) is 0 Å². The first-order valence-corrected chi connectivity index (χ1v) is 6.28.